The van der Waals surface area contributed by atoms with Gasteiger partial charge in [-0.25, -0.2) is 4.39 Å². The number of amides is 1. The molecular formula is C22H26BrFN2O2. The molecule has 1 aliphatic heterocycles. The van der Waals surface area contributed by atoms with Crippen molar-refractivity contribution in [2.75, 3.05) is 26.7 Å². The van der Waals surface area contributed by atoms with Crippen LogP contribution in [0.2, 0.25) is 0 Å². The average molecular weight is 449 g/mol. The first-order chi connectivity index (χ1) is 13.6. The first-order valence-corrected chi connectivity index (χ1v) is 10.5. The molecule has 0 saturated carbocycles. The van der Waals surface area contributed by atoms with E-state index in [-0.39, 0.29) is 24.2 Å². The first kappa shape index (κ1) is 20.8. The van der Waals surface area contributed by atoms with Crippen molar-refractivity contribution in [3.8, 4) is 5.75 Å². The summed E-state index contributed by atoms with van der Waals surface area (Å²) in [7, 11) is 1.68. The summed E-state index contributed by atoms with van der Waals surface area (Å²) in [6.07, 6.45) is 3.81. The number of ether oxygens (including phenoxy) is 1. The number of hydrogen-bond donors (Lipinski definition) is 1. The minimum atomic E-state index is -0.328. The molecule has 0 radical (unpaired) electrons. The quantitative estimate of drug-likeness (QED) is 0.678. The number of benzene rings is 2. The van der Waals surface area contributed by atoms with Gasteiger partial charge >= 0.3 is 0 Å². The average Bonchev–Trinajstić information content (AvgIpc) is 2.72. The summed E-state index contributed by atoms with van der Waals surface area (Å²) in [5, 5.41) is 3.07. The fourth-order valence-corrected chi connectivity index (χ4v) is 4.14. The Morgan fingerprint density at radius 1 is 1.21 bits per heavy atom. The molecule has 6 heteroatoms. The Labute approximate surface area is 174 Å². The topological polar surface area (TPSA) is 41.6 Å². The smallest absolute Gasteiger partial charge is 0.224 e. The fourth-order valence-electron chi connectivity index (χ4n) is 3.72. The van der Waals surface area contributed by atoms with Crippen molar-refractivity contribution >= 4 is 21.8 Å². The van der Waals surface area contributed by atoms with Crippen LogP contribution >= 0.6 is 15.9 Å². The summed E-state index contributed by atoms with van der Waals surface area (Å²) in [6.45, 7) is 2.55. The lowest BCUT2D eigenvalue weighted by Crippen LogP contribution is -2.41. The van der Waals surface area contributed by atoms with E-state index in [1.165, 1.54) is 25.3 Å². The van der Waals surface area contributed by atoms with Crippen LogP contribution in [0.1, 0.15) is 36.4 Å². The van der Waals surface area contributed by atoms with E-state index >= 15 is 0 Å². The number of piperidine rings is 1. The second-order valence-corrected chi connectivity index (χ2v) is 7.94. The maximum absolute atomic E-state index is 13.4. The number of carbonyl (C=O) groups is 1. The van der Waals surface area contributed by atoms with Crippen LogP contribution in [0, 0.1) is 5.82 Å². The monoisotopic (exact) mass is 448 g/mol. The molecule has 0 aromatic heterocycles. The van der Waals surface area contributed by atoms with E-state index < -0.39 is 0 Å². The zero-order valence-electron chi connectivity index (χ0n) is 16.1. The lowest BCUT2D eigenvalue weighted by molar-refractivity contribution is -0.120. The summed E-state index contributed by atoms with van der Waals surface area (Å²) in [5.74, 6) is 0.440. The van der Waals surface area contributed by atoms with Crippen LogP contribution < -0.4 is 10.1 Å². The van der Waals surface area contributed by atoms with Crippen molar-refractivity contribution in [2.24, 2.45) is 0 Å². The van der Waals surface area contributed by atoms with E-state index in [1.807, 2.05) is 18.2 Å². The van der Waals surface area contributed by atoms with Gasteiger partial charge in [0.05, 0.1) is 24.0 Å². The molecule has 2 aromatic rings. The van der Waals surface area contributed by atoms with Gasteiger partial charge in [0.25, 0.3) is 0 Å². The van der Waals surface area contributed by atoms with Crippen LogP contribution in [0.5, 0.6) is 5.75 Å². The highest BCUT2D eigenvalue weighted by Gasteiger charge is 2.25. The Morgan fingerprint density at radius 3 is 2.68 bits per heavy atom. The van der Waals surface area contributed by atoms with Crippen LogP contribution in [-0.4, -0.2) is 37.6 Å². The van der Waals surface area contributed by atoms with Gasteiger partial charge in [0.1, 0.15) is 11.6 Å². The zero-order chi connectivity index (χ0) is 19.9. The normalized spacial score (nSPS) is 15.8. The summed E-state index contributed by atoms with van der Waals surface area (Å²) < 4.78 is 19.3. The highest BCUT2D eigenvalue weighted by Crippen LogP contribution is 2.31. The van der Waals surface area contributed by atoms with Gasteiger partial charge in [0.15, 0.2) is 0 Å². The predicted molar refractivity (Wildman–Crippen MR) is 112 cm³/mol. The van der Waals surface area contributed by atoms with Crippen LogP contribution in [0.3, 0.4) is 0 Å². The van der Waals surface area contributed by atoms with Gasteiger partial charge in [-0.1, -0.05) is 30.7 Å². The van der Waals surface area contributed by atoms with Crippen molar-refractivity contribution in [1.29, 1.82) is 0 Å². The Morgan fingerprint density at radius 2 is 1.96 bits per heavy atom. The van der Waals surface area contributed by atoms with E-state index in [2.05, 4.69) is 32.2 Å². The van der Waals surface area contributed by atoms with E-state index in [9.17, 15) is 9.18 Å². The van der Waals surface area contributed by atoms with Gasteiger partial charge in [0, 0.05) is 12.1 Å². The Bertz CT molecular complexity index is 809. The van der Waals surface area contributed by atoms with Crippen molar-refractivity contribution in [2.45, 2.75) is 31.7 Å². The van der Waals surface area contributed by atoms with E-state index in [4.69, 9.17) is 4.74 Å². The van der Waals surface area contributed by atoms with E-state index in [0.29, 0.717) is 11.0 Å². The lowest BCUT2D eigenvalue weighted by Gasteiger charge is -2.35. The lowest BCUT2D eigenvalue weighted by atomic mass is 10.0. The Kier molecular flexibility index (Phi) is 7.45. The minimum Gasteiger partial charge on any atom is -0.496 e. The zero-order valence-corrected chi connectivity index (χ0v) is 17.7. The van der Waals surface area contributed by atoms with Crippen LogP contribution in [0.25, 0.3) is 0 Å². The number of para-hydroxylation sites is 1. The predicted octanol–water partition coefficient (Wildman–Crippen LogP) is 4.48. The molecule has 1 heterocycles. The van der Waals surface area contributed by atoms with Gasteiger partial charge < -0.3 is 10.1 Å². The number of nitrogens with zero attached hydrogens (tertiary/aromatic N) is 1. The molecule has 2 aromatic carbocycles. The summed E-state index contributed by atoms with van der Waals surface area (Å²) in [5.41, 5.74) is 1.87. The minimum absolute atomic E-state index is 0.0698. The third kappa shape index (κ3) is 5.32. The molecule has 3 rings (SSSR count). The van der Waals surface area contributed by atoms with E-state index in [1.54, 1.807) is 19.2 Å². The molecule has 4 nitrogen and oxygen atoms in total. The summed E-state index contributed by atoms with van der Waals surface area (Å²) in [4.78, 5) is 14.9. The molecular weight excluding hydrogens is 423 g/mol. The number of methoxy groups -OCH3 is 1. The largest absolute Gasteiger partial charge is 0.496 e. The standard InChI is InChI=1S/C22H26BrFN2O2/c1-28-21-8-4-3-7-17(21)20(26-11-5-2-6-12-26)15-25-22(27)14-16-9-10-19(24)18(23)13-16/h3-4,7-10,13,20H,2,5-6,11-12,14-15H2,1H3,(H,25,27). The number of hydrogen-bond acceptors (Lipinski definition) is 3. The van der Waals surface area contributed by atoms with Crippen LogP contribution in [-0.2, 0) is 11.2 Å². The van der Waals surface area contributed by atoms with Gasteiger partial charge in [-0.15, -0.1) is 0 Å². The number of rotatable bonds is 7. The first-order valence-electron chi connectivity index (χ1n) is 9.66. The SMILES string of the molecule is COc1ccccc1C(CNC(=O)Cc1ccc(F)c(Br)c1)N1CCCCC1. The maximum atomic E-state index is 13.4. The number of halogens is 2. The number of carbonyl (C=O) groups excluding carboxylic acids is 1. The summed E-state index contributed by atoms with van der Waals surface area (Å²) >= 11 is 3.17. The third-order valence-electron chi connectivity index (χ3n) is 5.17. The van der Waals surface area contributed by atoms with Gasteiger partial charge in [-0.05, 0) is 65.6 Å². The van der Waals surface area contributed by atoms with Crippen molar-refractivity contribution in [3.05, 3.63) is 63.9 Å². The third-order valence-corrected chi connectivity index (χ3v) is 5.78. The molecule has 1 fully saturated rings. The molecule has 1 atom stereocenters. The fraction of sp³-hybridized carbons (Fsp3) is 0.409. The highest BCUT2D eigenvalue weighted by molar-refractivity contribution is 9.10. The van der Waals surface area contributed by atoms with Crippen LogP contribution in [0.15, 0.2) is 46.9 Å². The van der Waals surface area contributed by atoms with Crippen molar-refractivity contribution in [3.63, 3.8) is 0 Å². The molecule has 1 aliphatic rings. The van der Waals surface area contributed by atoms with Gasteiger partial charge in [0.2, 0.25) is 5.91 Å². The molecule has 0 bridgehead atoms. The molecule has 28 heavy (non-hydrogen) atoms. The Balaban J connectivity index is 1.70. The van der Waals surface area contributed by atoms with Gasteiger partial charge in [-0.2, -0.15) is 0 Å². The summed E-state index contributed by atoms with van der Waals surface area (Å²) in [6, 6.07) is 12.7. The molecule has 0 spiro atoms. The van der Waals surface area contributed by atoms with Crippen molar-refractivity contribution in [1.82, 2.24) is 10.2 Å². The molecule has 1 unspecified atom stereocenters. The van der Waals surface area contributed by atoms with Crippen LogP contribution in [0.4, 0.5) is 4.39 Å². The maximum Gasteiger partial charge on any atom is 0.224 e. The number of likely N-dealkylation sites (tertiary alicyclic amines) is 1. The molecule has 150 valence electrons. The molecule has 1 N–H and O–H groups in total. The Hall–Kier alpha value is -1.92. The number of nitrogens with one attached hydrogen (secondary N) is 1. The highest BCUT2D eigenvalue weighted by atomic mass is 79.9. The molecule has 1 saturated heterocycles. The van der Waals surface area contributed by atoms with E-state index in [0.717, 1.165) is 30.0 Å². The second kappa shape index (κ2) is 10.0. The van der Waals surface area contributed by atoms with Crippen molar-refractivity contribution < 1.29 is 13.9 Å². The second-order valence-electron chi connectivity index (χ2n) is 7.08. The molecule has 0 aliphatic carbocycles. The van der Waals surface area contributed by atoms with Gasteiger partial charge in [-0.3, -0.25) is 9.69 Å². The molecule has 1 amide bonds.